The van der Waals surface area contributed by atoms with Crippen molar-refractivity contribution in [1.82, 2.24) is 10.6 Å². The maximum absolute atomic E-state index is 13.5. The highest BCUT2D eigenvalue weighted by Gasteiger charge is 2.03. The molecule has 3 nitrogen and oxygen atoms in total. The number of guanidine groups is 1. The lowest BCUT2D eigenvalue weighted by molar-refractivity contribution is 0.604. The molecule has 5 heteroatoms. The Morgan fingerprint density at radius 3 is 2.88 bits per heavy atom. The average Bonchev–Trinajstić information content (AvgIpc) is 2.31. The third-order valence-corrected chi connectivity index (χ3v) is 2.59. The first-order valence-electron chi connectivity index (χ1n) is 5.16. The number of aliphatic imine (C=N–C) groups is 1. The Hall–Kier alpha value is -1.36. The van der Waals surface area contributed by atoms with E-state index in [0.717, 1.165) is 4.47 Å². The summed E-state index contributed by atoms with van der Waals surface area (Å²) in [4.78, 5) is 4.00. The number of nitrogens with one attached hydrogen (secondary N) is 2. The zero-order valence-corrected chi connectivity index (χ0v) is 11.2. The summed E-state index contributed by atoms with van der Waals surface area (Å²) in [5, 5.41) is 6.03. The van der Waals surface area contributed by atoms with Crippen LogP contribution in [-0.4, -0.2) is 19.6 Å². The van der Waals surface area contributed by atoms with Gasteiger partial charge in [0.1, 0.15) is 5.82 Å². The van der Waals surface area contributed by atoms with Crippen molar-refractivity contribution in [1.29, 1.82) is 0 Å². The van der Waals surface area contributed by atoms with Crippen LogP contribution in [0.15, 0.2) is 40.3 Å². The predicted molar refractivity (Wildman–Crippen MR) is 72.5 cm³/mol. The zero-order valence-electron chi connectivity index (χ0n) is 9.63. The van der Waals surface area contributed by atoms with Gasteiger partial charge in [0.25, 0.3) is 0 Å². The molecular weight excluding hydrogens is 285 g/mol. The van der Waals surface area contributed by atoms with Crippen molar-refractivity contribution in [2.24, 2.45) is 4.99 Å². The molecule has 92 valence electrons. The first kappa shape index (κ1) is 13.7. The molecule has 1 rings (SSSR count). The van der Waals surface area contributed by atoms with Crippen LogP contribution in [0.3, 0.4) is 0 Å². The summed E-state index contributed by atoms with van der Waals surface area (Å²) in [5.41, 5.74) is 0.592. The summed E-state index contributed by atoms with van der Waals surface area (Å²) >= 11 is 3.22. The van der Waals surface area contributed by atoms with Gasteiger partial charge in [-0.15, -0.1) is 6.58 Å². The van der Waals surface area contributed by atoms with Gasteiger partial charge in [0.2, 0.25) is 0 Å². The second-order valence-electron chi connectivity index (χ2n) is 3.33. The van der Waals surface area contributed by atoms with Crippen molar-refractivity contribution in [3.63, 3.8) is 0 Å². The molecule has 0 aliphatic rings. The van der Waals surface area contributed by atoms with Crippen LogP contribution in [0.25, 0.3) is 0 Å². The van der Waals surface area contributed by atoms with Crippen LogP contribution in [0.5, 0.6) is 0 Å². The monoisotopic (exact) mass is 299 g/mol. The van der Waals surface area contributed by atoms with Gasteiger partial charge in [-0.1, -0.05) is 28.1 Å². The van der Waals surface area contributed by atoms with E-state index in [9.17, 15) is 4.39 Å². The lowest BCUT2D eigenvalue weighted by atomic mass is 10.2. The number of hydrogen-bond acceptors (Lipinski definition) is 1. The lowest BCUT2D eigenvalue weighted by Crippen LogP contribution is -2.36. The van der Waals surface area contributed by atoms with Crippen LogP contribution in [0.4, 0.5) is 4.39 Å². The number of hydrogen-bond donors (Lipinski definition) is 2. The minimum Gasteiger partial charge on any atom is -0.353 e. The molecule has 1 aromatic rings. The van der Waals surface area contributed by atoms with Crippen molar-refractivity contribution in [2.75, 3.05) is 13.6 Å². The molecular formula is C12H15BrFN3. The van der Waals surface area contributed by atoms with Crippen LogP contribution >= 0.6 is 15.9 Å². The van der Waals surface area contributed by atoms with Gasteiger partial charge in [-0.25, -0.2) is 4.39 Å². The third kappa shape index (κ3) is 4.56. The molecule has 0 saturated heterocycles. The van der Waals surface area contributed by atoms with E-state index in [1.807, 2.05) is 0 Å². The second kappa shape index (κ2) is 7.06. The highest BCUT2D eigenvalue weighted by molar-refractivity contribution is 9.10. The predicted octanol–water partition coefficient (Wildman–Crippen LogP) is 2.44. The van der Waals surface area contributed by atoms with Crippen molar-refractivity contribution in [3.8, 4) is 0 Å². The third-order valence-electron chi connectivity index (χ3n) is 2.10. The van der Waals surface area contributed by atoms with E-state index in [1.54, 1.807) is 25.3 Å². The van der Waals surface area contributed by atoms with Gasteiger partial charge in [0.05, 0.1) is 0 Å². The fourth-order valence-corrected chi connectivity index (χ4v) is 1.57. The molecule has 0 spiro atoms. The highest BCUT2D eigenvalue weighted by Crippen LogP contribution is 2.14. The molecule has 0 amide bonds. The molecule has 0 aliphatic carbocycles. The van der Waals surface area contributed by atoms with Gasteiger partial charge in [0.15, 0.2) is 5.96 Å². The minimum atomic E-state index is -0.244. The molecule has 1 aromatic carbocycles. The molecule has 2 N–H and O–H groups in total. The van der Waals surface area contributed by atoms with Crippen LogP contribution in [0.1, 0.15) is 5.56 Å². The van der Waals surface area contributed by atoms with Crippen LogP contribution < -0.4 is 10.6 Å². The van der Waals surface area contributed by atoms with Crippen LogP contribution in [0.2, 0.25) is 0 Å². The van der Waals surface area contributed by atoms with Gasteiger partial charge in [-0.05, 0) is 12.1 Å². The largest absolute Gasteiger partial charge is 0.353 e. The quantitative estimate of drug-likeness (QED) is 0.509. The topological polar surface area (TPSA) is 36.4 Å². The number of halogens is 2. The van der Waals surface area contributed by atoms with E-state index in [0.29, 0.717) is 24.6 Å². The van der Waals surface area contributed by atoms with Crippen molar-refractivity contribution >= 4 is 21.9 Å². The van der Waals surface area contributed by atoms with Crippen molar-refractivity contribution in [2.45, 2.75) is 6.54 Å². The normalized spacial score (nSPS) is 11.1. The van der Waals surface area contributed by atoms with E-state index in [4.69, 9.17) is 0 Å². The molecule has 0 atom stereocenters. The van der Waals surface area contributed by atoms with Crippen LogP contribution in [0, 0.1) is 5.82 Å². The standard InChI is InChI=1S/C12H15BrFN3/c1-3-6-16-12(15-2)17-8-9-4-5-10(13)7-11(9)14/h3-5,7H,1,6,8H2,2H3,(H2,15,16,17). The fourth-order valence-electron chi connectivity index (χ4n) is 1.23. The Morgan fingerprint density at radius 2 is 2.29 bits per heavy atom. The van der Waals surface area contributed by atoms with E-state index in [1.165, 1.54) is 6.07 Å². The van der Waals surface area contributed by atoms with Gasteiger partial charge >= 0.3 is 0 Å². The maximum atomic E-state index is 13.5. The molecule has 0 aliphatic heterocycles. The van der Waals surface area contributed by atoms with Crippen molar-refractivity contribution < 1.29 is 4.39 Å². The van der Waals surface area contributed by atoms with E-state index in [2.05, 4.69) is 38.1 Å². The summed E-state index contributed by atoms with van der Waals surface area (Å²) in [5.74, 6) is 0.373. The maximum Gasteiger partial charge on any atom is 0.191 e. The summed E-state index contributed by atoms with van der Waals surface area (Å²) in [6.07, 6.45) is 1.73. The Balaban J connectivity index is 2.57. The SMILES string of the molecule is C=CCNC(=NC)NCc1ccc(Br)cc1F. The molecule has 17 heavy (non-hydrogen) atoms. The number of benzene rings is 1. The Kier molecular flexibility index (Phi) is 5.69. The smallest absolute Gasteiger partial charge is 0.191 e. The molecule has 0 heterocycles. The van der Waals surface area contributed by atoms with Gasteiger partial charge in [-0.3, -0.25) is 4.99 Å². The van der Waals surface area contributed by atoms with E-state index < -0.39 is 0 Å². The second-order valence-corrected chi connectivity index (χ2v) is 4.25. The van der Waals surface area contributed by atoms with Gasteiger partial charge in [0, 0.05) is 30.2 Å². The van der Waals surface area contributed by atoms with Crippen LogP contribution in [-0.2, 0) is 6.54 Å². The minimum absolute atomic E-state index is 0.244. The Bertz CT molecular complexity index is 418. The first-order valence-corrected chi connectivity index (χ1v) is 5.96. The van der Waals surface area contributed by atoms with Gasteiger partial charge in [-0.2, -0.15) is 0 Å². The molecule has 0 bridgehead atoms. The Labute approximate surface area is 109 Å². The fraction of sp³-hybridized carbons (Fsp3) is 0.250. The summed E-state index contributed by atoms with van der Waals surface area (Å²) < 4.78 is 14.2. The highest BCUT2D eigenvalue weighted by atomic mass is 79.9. The lowest BCUT2D eigenvalue weighted by Gasteiger charge is -2.11. The van der Waals surface area contributed by atoms with E-state index in [-0.39, 0.29) is 5.82 Å². The van der Waals surface area contributed by atoms with Gasteiger partial charge < -0.3 is 10.6 Å². The molecule has 0 fully saturated rings. The zero-order chi connectivity index (χ0) is 12.7. The summed E-state index contributed by atoms with van der Waals surface area (Å²) in [6, 6.07) is 4.98. The molecule has 0 unspecified atom stereocenters. The van der Waals surface area contributed by atoms with Crippen molar-refractivity contribution in [3.05, 3.63) is 46.7 Å². The molecule has 0 radical (unpaired) electrons. The molecule has 0 saturated carbocycles. The molecule has 0 aromatic heterocycles. The average molecular weight is 300 g/mol. The number of nitrogens with zero attached hydrogens (tertiary/aromatic N) is 1. The summed E-state index contributed by atoms with van der Waals surface area (Å²) in [6.45, 7) is 4.60. The van der Waals surface area contributed by atoms with E-state index >= 15 is 0 Å². The first-order chi connectivity index (χ1) is 8.17. The Morgan fingerprint density at radius 1 is 1.53 bits per heavy atom. The number of rotatable bonds is 4. The summed E-state index contributed by atoms with van der Waals surface area (Å²) in [7, 11) is 1.66.